The molecule has 12 heavy (non-hydrogen) atoms. The summed E-state index contributed by atoms with van der Waals surface area (Å²) >= 11 is 0. The summed E-state index contributed by atoms with van der Waals surface area (Å²) in [6, 6.07) is 0. The number of hydrogen-bond donors (Lipinski definition) is 1. The zero-order chi connectivity index (χ0) is 8.44. The summed E-state index contributed by atoms with van der Waals surface area (Å²) < 4.78 is 0. The minimum Gasteiger partial charge on any atom is -0.317 e. The molecule has 0 aliphatic carbocycles. The molecule has 1 N–H and O–H groups in total. The number of nitrogens with one attached hydrogen (secondary N) is 1. The average molecular weight is 167 g/mol. The van der Waals surface area contributed by atoms with Gasteiger partial charge in [0.2, 0.25) is 0 Å². The lowest BCUT2D eigenvalue weighted by Crippen LogP contribution is -2.38. The number of hydrogen-bond acceptors (Lipinski definition) is 5. The second-order valence-corrected chi connectivity index (χ2v) is 3.50. The minimum atomic E-state index is -0.359. The Balaban J connectivity index is 2.06. The first kappa shape index (κ1) is 7.79. The molecule has 66 valence electrons. The minimum absolute atomic E-state index is 0.359. The first-order valence-corrected chi connectivity index (χ1v) is 4.36. The monoisotopic (exact) mass is 167 g/mol. The van der Waals surface area contributed by atoms with Crippen LogP contribution in [-0.2, 0) is 0 Å². The van der Waals surface area contributed by atoms with E-state index in [2.05, 4.69) is 26.0 Å². The van der Waals surface area contributed by atoms with E-state index >= 15 is 0 Å². The van der Waals surface area contributed by atoms with Crippen molar-refractivity contribution in [3.05, 3.63) is 0 Å². The maximum Gasteiger partial charge on any atom is 0.195 e. The molecule has 5 heteroatoms. The SMILES string of the molecule is CC1(C2CCNCC2)N=NN=N1. The van der Waals surface area contributed by atoms with E-state index in [9.17, 15) is 0 Å². The molecule has 0 aromatic rings. The molecule has 0 atom stereocenters. The van der Waals surface area contributed by atoms with Crippen LogP contribution >= 0.6 is 0 Å². The Morgan fingerprint density at radius 1 is 1.17 bits per heavy atom. The first-order valence-electron chi connectivity index (χ1n) is 4.36. The highest BCUT2D eigenvalue weighted by atomic mass is 15.6. The maximum atomic E-state index is 4.06. The van der Waals surface area contributed by atoms with Crippen LogP contribution in [0, 0.1) is 5.92 Å². The highest BCUT2D eigenvalue weighted by Gasteiger charge is 2.37. The summed E-state index contributed by atoms with van der Waals surface area (Å²) in [5, 5.41) is 18.6. The maximum absolute atomic E-state index is 4.06. The van der Waals surface area contributed by atoms with E-state index in [0.717, 1.165) is 25.9 Å². The molecule has 0 amide bonds. The number of rotatable bonds is 1. The molecule has 1 fully saturated rings. The van der Waals surface area contributed by atoms with Crippen molar-refractivity contribution in [3.63, 3.8) is 0 Å². The van der Waals surface area contributed by atoms with Crippen LogP contribution in [0.4, 0.5) is 0 Å². The third-order valence-electron chi connectivity index (χ3n) is 2.65. The van der Waals surface area contributed by atoms with Crippen molar-refractivity contribution in [2.45, 2.75) is 25.4 Å². The second-order valence-electron chi connectivity index (χ2n) is 3.50. The quantitative estimate of drug-likeness (QED) is 0.632. The van der Waals surface area contributed by atoms with Crippen LogP contribution in [0.1, 0.15) is 19.8 Å². The molecule has 0 unspecified atom stereocenters. The fourth-order valence-corrected chi connectivity index (χ4v) is 1.77. The molecule has 2 aliphatic rings. The zero-order valence-electron chi connectivity index (χ0n) is 7.19. The predicted molar refractivity (Wildman–Crippen MR) is 43.7 cm³/mol. The van der Waals surface area contributed by atoms with Gasteiger partial charge in [-0.3, -0.25) is 0 Å². The van der Waals surface area contributed by atoms with Crippen LogP contribution < -0.4 is 5.32 Å². The van der Waals surface area contributed by atoms with Crippen molar-refractivity contribution < 1.29 is 0 Å². The summed E-state index contributed by atoms with van der Waals surface area (Å²) in [6.07, 6.45) is 2.24. The van der Waals surface area contributed by atoms with Gasteiger partial charge in [-0.2, -0.15) is 0 Å². The van der Waals surface area contributed by atoms with E-state index < -0.39 is 0 Å². The third-order valence-corrected chi connectivity index (χ3v) is 2.65. The molecule has 2 aliphatic heterocycles. The van der Waals surface area contributed by atoms with Crippen molar-refractivity contribution in [1.29, 1.82) is 0 Å². The Morgan fingerprint density at radius 2 is 1.75 bits per heavy atom. The van der Waals surface area contributed by atoms with E-state index in [-0.39, 0.29) is 5.66 Å². The Morgan fingerprint density at radius 3 is 2.33 bits per heavy atom. The van der Waals surface area contributed by atoms with Crippen LogP contribution in [0.25, 0.3) is 0 Å². The number of piperidine rings is 1. The van der Waals surface area contributed by atoms with E-state index in [1.165, 1.54) is 0 Å². The van der Waals surface area contributed by atoms with Crippen molar-refractivity contribution in [3.8, 4) is 0 Å². The van der Waals surface area contributed by atoms with Crippen LogP contribution in [0.3, 0.4) is 0 Å². The highest BCUT2D eigenvalue weighted by molar-refractivity contribution is 4.90. The van der Waals surface area contributed by atoms with Crippen molar-refractivity contribution >= 4 is 0 Å². The van der Waals surface area contributed by atoms with Gasteiger partial charge in [0.25, 0.3) is 0 Å². The summed E-state index contributed by atoms with van der Waals surface area (Å²) in [5.74, 6) is 0.508. The molecule has 0 saturated carbocycles. The van der Waals surface area contributed by atoms with Gasteiger partial charge in [0.05, 0.1) is 0 Å². The predicted octanol–water partition coefficient (Wildman–Crippen LogP) is 1.54. The summed E-state index contributed by atoms with van der Waals surface area (Å²) in [6.45, 7) is 4.12. The van der Waals surface area contributed by atoms with Gasteiger partial charge in [0, 0.05) is 5.92 Å². The fraction of sp³-hybridized carbons (Fsp3) is 1.00. The Kier molecular flexibility index (Phi) is 1.88. The smallest absolute Gasteiger partial charge is 0.195 e. The van der Waals surface area contributed by atoms with Gasteiger partial charge in [0.1, 0.15) is 0 Å². The van der Waals surface area contributed by atoms with Crippen molar-refractivity contribution in [1.82, 2.24) is 5.32 Å². The van der Waals surface area contributed by atoms with Crippen LogP contribution in [-0.4, -0.2) is 18.8 Å². The lowest BCUT2D eigenvalue weighted by molar-refractivity contribution is 0.240. The van der Waals surface area contributed by atoms with Crippen LogP contribution in [0.2, 0.25) is 0 Å². The normalized spacial score (nSPS) is 28.1. The Labute approximate surface area is 71.3 Å². The largest absolute Gasteiger partial charge is 0.317 e. The topological polar surface area (TPSA) is 61.5 Å². The van der Waals surface area contributed by atoms with Gasteiger partial charge in [-0.05, 0) is 43.3 Å². The van der Waals surface area contributed by atoms with Gasteiger partial charge in [0.15, 0.2) is 5.66 Å². The lowest BCUT2D eigenvalue weighted by atomic mass is 9.87. The van der Waals surface area contributed by atoms with Crippen molar-refractivity contribution in [2.24, 2.45) is 26.6 Å². The molecule has 0 aromatic carbocycles. The van der Waals surface area contributed by atoms with Crippen LogP contribution in [0.5, 0.6) is 0 Å². The molecule has 0 radical (unpaired) electrons. The molecule has 0 spiro atoms. The Hall–Kier alpha value is -0.840. The molecule has 5 nitrogen and oxygen atoms in total. The van der Waals surface area contributed by atoms with E-state index in [0.29, 0.717) is 5.92 Å². The summed E-state index contributed by atoms with van der Waals surface area (Å²) in [7, 11) is 0. The Bertz CT molecular complexity index is 204. The third kappa shape index (κ3) is 1.24. The fourth-order valence-electron chi connectivity index (χ4n) is 1.77. The molecule has 1 saturated heterocycles. The molecule has 2 heterocycles. The second kappa shape index (κ2) is 2.90. The van der Waals surface area contributed by atoms with E-state index in [1.54, 1.807) is 0 Å². The van der Waals surface area contributed by atoms with Gasteiger partial charge in [-0.15, -0.1) is 10.2 Å². The van der Waals surface area contributed by atoms with Gasteiger partial charge < -0.3 is 5.32 Å². The molecular weight excluding hydrogens is 154 g/mol. The van der Waals surface area contributed by atoms with Gasteiger partial charge in [-0.1, -0.05) is 0 Å². The standard InChI is InChI=1S/C7H13N5/c1-7(9-11-12-10-7)6-2-4-8-5-3-6/h6,8H,2-5H2,1H3. The van der Waals surface area contributed by atoms with Crippen molar-refractivity contribution in [2.75, 3.05) is 13.1 Å². The zero-order valence-corrected chi connectivity index (χ0v) is 7.19. The summed E-state index contributed by atoms with van der Waals surface area (Å²) in [4.78, 5) is 0. The van der Waals surface area contributed by atoms with Gasteiger partial charge >= 0.3 is 0 Å². The van der Waals surface area contributed by atoms with Gasteiger partial charge in [-0.25, -0.2) is 0 Å². The molecule has 0 aromatic heterocycles. The van der Waals surface area contributed by atoms with E-state index in [4.69, 9.17) is 0 Å². The lowest BCUT2D eigenvalue weighted by Gasteiger charge is -2.29. The summed E-state index contributed by atoms with van der Waals surface area (Å²) in [5.41, 5.74) is -0.359. The van der Waals surface area contributed by atoms with Crippen LogP contribution in [0.15, 0.2) is 20.7 Å². The number of nitrogens with zero attached hydrogens (tertiary/aromatic N) is 4. The highest BCUT2D eigenvalue weighted by Crippen LogP contribution is 2.33. The molecule has 2 rings (SSSR count). The average Bonchev–Trinajstić information content (AvgIpc) is 2.55. The van der Waals surface area contributed by atoms with E-state index in [1.807, 2.05) is 6.92 Å². The molecule has 0 bridgehead atoms. The first-order chi connectivity index (χ1) is 5.81. The molecular formula is C7H13N5.